The minimum Gasteiger partial charge on any atom is -0.293 e. The number of fused-ring (bicyclic) bond motifs is 1. The van der Waals surface area contributed by atoms with Crippen LogP contribution in [0.15, 0.2) is 23.2 Å². The minimum absolute atomic E-state index is 0.0790. The summed E-state index contributed by atoms with van der Waals surface area (Å²) in [7, 11) is 0. The number of pyridine rings is 1. The van der Waals surface area contributed by atoms with E-state index in [4.69, 9.17) is 23.2 Å². The van der Waals surface area contributed by atoms with Gasteiger partial charge in [-0.3, -0.25) is 4.79 Å². The van der Waals surface area contributed by atoms with Crippen LogP contribution in [0.2, 0.25) is 10.0 Å². The minimum atomic E-state index is -0.0790. The van der Waals surface area contributed by atoms with Crippen LogP contribution >= 0.6 is 35.0 Å². The number of aryl methyl sites for hydroxylation is 1. The Morgan fingerprint density at radius 1 is 1.27 bits per heavy atom. The molecule has 0 radical (unpaired) electrons. The molecule has 0 saturated heterocycles. The number of nitriles is 1. The summed E-state index contributed by atoms with van der Waals surface area (Å²) in [6.45, 7) is 2.11. The number of Topliss-reactive ketones (excluding diaryl/α,β-unsaturated/α-hetero) is 1. The van der Waals surface area contributed by atoms with Gasteiger partial charge in [-0.1, -0.05) is 30.1 Å². The molecular formula is C20H19Cl2N2OS+. The fraction of sp³-hybridized carbons (Fsp3) is 0.350. The number of hydrogen-bond donors (Lipinski definition) is 0. The SMILES string of the molecule is CCc1[nH+]c(SCC(=O)c2ccc(Cl)cc2Cl)c(C#N)c2c1CCCC2. The van der Waals surface area contributed by atoms with Crippen molar-refractivity contribution < 1.29 is 9.78 Å². The first kappa shape index (κ1) is 19.2. The number of ketones is 1. The Morgan fingerprint density at radius 3 is 2.65 bits per heavy atom. The lowest BCUT2D eigenvalue weighted by Gasteiger charge is -2.17. The van der Waals surface area contributed by atoms with Crippen molar-refractivity contribution in [1.29, 1.82) is 5.26 Å². The van der Waals surface area contributed by atoms with E-state index in [9.17, 15) is 10.1 Å². The molecule has 0 spiro atoms. The predicted octanol–water partition coefficient (Wildman–Crippen LogP) is 5.10. The molecule has 1 aromatic heterocycles. The summed E-state index contributed by atoms with van der Waals surface area (Å²) >= 11 is 13.4. The average Bonchev–Trinajstić information content (AvgIpc) is 2.65. The van der Waals surface area contributed by atoms with Gasteiger partial charge in [0.25, 0.3) is 5.03 Å². The third-order valence-corrected chi connectivity index (χ3v) is 6.22. The summed E-state index contributed by atoms with van der Waals surface area (Å²) in [5, 5.41) is 11.3. The fourth-order valence-corrected chi connectivity index (χ4v) is 4.84. The first-order valence-corrected chi connectivity index (χ1v) is 10.4. The van der Waals surface area contributed by atoms with Crippen LogP contribution in [0.25, 0.3) is 0 Å². The van der Waals surface area contributed by atoms with Crippen molar-refractivity contribution in [1.82, 2.24) is 0 Å². The van der Waals surface area contributed by atoms with Crippen molar-refractivity contribution in [2.45, 2.75) is 44.1 Å². The number of aromatic nitrogens is 1. The maximum atomic E-state index is 12.5. The van der Waals surface area contributed by atoms with Crippen LogP contribution in [0.3, 0.4) is 0 Å². The monoisotopic (exact) mass is 405 g/mol. The van der Waals surface area contributed by atoms with Gasteiger partial charge < -0.3 is 0 Å². The normalized spacial score (nSPS) is 13.2. The smallest absolute Gasteiger partial charge is 0.257 e. The molecule has 0 aliphatic heterocycles. The van der Waals surface area contributed by atoms with Gasteiger partial charge in [-0.25, -0.2) is 4.98 Å². The molecule has 1 aliphatic rings. The molecule has 0 amide bonds. The van der Waals surface area contributed by atoms with Crippen molar-refractivity contribution in [2.75, 3.05) is 5.75 Å². The lowest BCUT2D eigenvalue weighted by molar-refractivity contribution is -0.438. The Morgan fingerprint density at radius 2 is 2.00 bits per heavy atom. The molecule has 0 fully saturated rings. The third kappa shape index (κ3) is 3.91. The number of halogens is 2. The Hall–Kier alpha value is -1.54. The van der Waals surface area contributed by atoms with Crippen LogP contribution in [0.5, 0.6) is 0 Å². The molecule has 1 aliphatic carbocycles. The summed E-state index contributed by atoms with van der Waals surface area (Å²) in [4.78, 5) is 16.0. The first-order valence-electron chi connectivity index (χ1n) is 8.66. The maximum Gasteiger partial charge on any atom is 0.257 e. The zero-order chi connectivity index (χ0) is 18.7. The number of hydrogen-bond acceptors (Lipinski definition) is 3. The van der Waals surface area contributed by atoms with E-state index in [1.165, 1.54) is 29.4 Å². The van der Waals surface area contributed by atoms with Crippen LogP contribution in [0, 0.1) is 11.3 Å². The number of thioether (sulfide) groups is 1. The van der Waals surface area contributed by atoms with Crippen LogP contribution in [-0.2, 0) is 19.3 Å². The van der Waals surface area contributed by atoms with Gasteiger partial charge in [-0.05, 0) is 61.2 Å². The third-order valence-electron chi connectivity index (χ3n) is 4.67. The van der Waals surface area contributed by atoms with Gasteiger partial charge in [0.1, 0.15) is 11.6 Å². The van der Waals surface area contributed by atoms with Crippen LogP contribution in [0.1, 0.15) is 52.5 Å². The van der Waals surface area contributed by atoms with E-state index in [1.807, 2.05) is 0 Å². The number of carbonyl (C=O) groups excluding carboxylic acids is 1. The maximum absolute atomic E-state index is 12.5. The van der Waals surface area contributed by atoms with Crippen molar-refractivity contribution in [2.24, 2.45) is 0 Å². The van der Waals surface area contributed by atoms with E-state index in [0.29, 0.717) is 21.2 Å². The summed E-state index contributed by atoms with van der Waals surface area (Å²) in [6, 6.07) is 7.23. The molecule has 0 bridgehead atoms. The number of nitrogens with one attached hydrogen (secondary N) is 1. The highest BCUT2D eigenvalue weighted by Gasteiger charge is 2.27. The number of rotatable bonds is 5. The topological polar surface area (TPSA) is 55.0 Å². The van der Waals surface area contributed by atoms with E-state index < -0.39 is 0 Å². The Balaban J connectivity index is 1.88. The van der Waals surface area contributed by atoms with Crippen molar-refractivity contribution in [3.05, 3.63) is 56.2 Å². The molecule has 26 heavy (non-hydrogen) atoms. The van der Waals surface area contributed by atoms with Gasteiger partial charge in [0.2, 0.25) is 0 Å². The number of H-pyrrole nitrogens is 1. The highest BCUT2D eigenvalue weighted by atomic mass is 35.5. The van der Waals surface area contributed by atoms with E-state index in [0.717, 1.165) is 36.3 Å². The Labute approximate surface area is 167 Å². The van der Waals surface area contributed by atoms with Gasteiger partial charge in [0.05, 0.1) is 10.8 Å². The molecule has 1 N–H and O–H groups in total. The second kappa shape index (κ2) is 8.43. The lowest BCUT2D eigenvalue weighted by Crippen LogP contribution is -2.24. The van der Waals surface area contributed by atoms with Crippen molar-refractivity contribution in [3.8, 4) is 6.07 Å². The molecule has 3 nitrogen and oxygen atoms in total. The zero-order valence-corrected chi connectivity index (χ0v) is 16.8. The molecule has 134 valence electrons. The summed E-state index contributed by atoms with van der Waals surface area (Å²) in [5.74, 6) is 0.138. The van der Waals surface area contributed by atoms with Crippen LogP contribution < -0.4 is 4.98 Å². The standard InChI is InChI=1S/C20H18Cl2N2OS/c1-2-18-14-6-4-3-5-13(14)16(10-23)20(24-18)26-11-19(25)15-8-7-12(21)9-17(15)22/h7-9H,2-6,11H2,1H3/p+1. The summed E-state index contributed by atoms with van der Waals surface area (Å²) in [6.07, 6.45) is 5.12. The summed E-state index contributed by atoms with van der Waals surface area (Å²) in [5.41, 5.74) is 4.78. The number of carbonyl (C=O) groups is 1. The Kier molecular flexibility index (Phi) is 6.24. The van der Waals surface area contributed by atoms with Crippen molar-refractivity contribution in [3.63, 3.8) is 0 Å². The number of benzene rings is 1. The molecule has 0 atom stereocenters. The lowest BCUT2D eigenvalue weighted by atomic mass is 9.87. The van der Waals surface area contributed by atoms with Crippen LogP contribution in [0.4, 0.5) is 0 Å². The van der Waals surface area contributed by atoms with Crippen molar-refractivity contribution >= 4 is 40.7 Å². The van der Waals surface area contributed by atoms with Gasteiger partial charge in [-0.15, -0.1) is 0 Å². The molecular weight excluding hydrogens is 387 g/mol. The zero-order valence-electron chi connectivity index (χ0n) is 14.5. The molecule has 3 rings (SSSR count). The second-order valence-electron chi connectivity index (χ2n) is 6.27. The molecule has 1 heterocycles. The van der Waals surface area contributed by atoms with E-state index in [1.54, 1.807) is 18.2 Å². The van der Waals surface area contributed by atoms with E-state index in [2.05, 4.69) is 18.0 Å². The fourth-order valence-electron chi connectivity index (χ4n) is 3.39. The number of nitrogens with zero attached hydrogens (tertiary/aromatic N) is 1. The van der Waals surface area contributed by atoms with E-state index in [-0.39, 0.29) is 11.5 Å². The first-order chi connectivity index (χ1) is 12.5. The largest absolute Gasteiger partial charge is 0.293 e. The van der Waals surface area contributed by atoms with E-state index >= 15 is 0 Å². The molecule has 0 unspecified atom stereocenters. The van der Waals surface area contributed by atoms with Gasteiger partial charge >= 0.3 is 0 Å². The quantitative estimate of drug-likeness (QED) is 0.513. The number of aromatic amines is 1. The molecule has 0 saturated carbocycles. The average molecular weight is 406 g/mol. The summed E-state index contributed by atoms with van der Waals surface area (Å²) < 4.78 is 0. The second-order valence-corrected chi connectivity index (χ2v) is 8.10. The Bertz CT molecular complexity index is 906. The predicted molar refractivity (Wildman–Crippen MR) is 105 cm³/mol. The van der Waals surface area contributed by atoms with Gasteiger partial charge in [-0.2, -0.15) is 5.26 Å². The highest BCUT2D eigenvalue weighted by Crippen LogP contribution is 2.31. The molecule has 2 aromatic rings. The van der Waals surface area contributed by atoms with Gasteiger partial charge in [0.15, 0.2) is 11.5 Å². The molecule has 1 aromatic carbocycles. The van der Waals surface area contributed by atoms with Crippen LogP contribution in [-0.4, -0.2) is 11.5 Å². The highest BCUT2D eigenvalue weighted by molar-refractivity contribution is 7.99. The van der Waals surface area contributed by atoms with Gasteiger partial charge in [0, 0.05) is 22.6 Å². The molecule has 6 heteroatoms.